The molecule has 5 heteroatoms. The third kappa shape index (κ3) is 4.30. The van der Waals surface area contributed by atoms with Crippen molar-refractivity contribution in [1.29, 1.82) is 0 Å². The van der Waals surface area contributed by atoms with Crippen molar-refractivity contribution >= 4 is 27.7 Å². The Hall–Kier alpha value is -1.36. The van der Waals surface area contributed by atoms with E-state index in [9.17, 15) is 9.59 Å². The Bertz CT molecular complexity index is 502. The van der Waals surface area contributed by atoms with E-state index in [-0.39, 0.29) is 11.8 Å². The van der Waals surface area contributed by atoms with Gasteiger partial charge in [-0.3, -0.25) is 9.59 Å². The molecule has 1 aromatic carbocycles. The zero-order valence-electron chi connectivity index (χ0n) is 12.3. The monoisotopic (exact) mass is 352 g/mol. The van der Waals surface area contributed by atoms with Crippen LogP contribution in [0.3, 0.4) is 0 Å². The van der Waals surface area contributed by atoms with Crippen molar-refractivity contribution in [3.63, 3.8) is 0 Å². The van der Waals surface area contributed by atoms with E-state index in [2.05, 4.69) is 15.9 Å². The first kappa shape index (κ1) is 16.0. The molecule has 1 fully saturated rings. The Kier molecular flexibility index (Phi) is 5.79. The minimum atomic E-state index is 0.0484. The molecule has 0 N–H and O–H groups in total. The molecule has 0 unspecified atom stereocenters. The maximum atomic E-state index is 12.5. The lowest BCUT2D eigenvalue weighted by atomic mass is 10.2. The number of carbonyl (C=O) groups is 2. The lowest BCUT2D eigenvalue weighted by molar-refractivity contribution is -0.131. The summed E-state index contributed by atoms with van der Waals surface area (Å²) >= 11 is 3.37. The zero-order valence-corrected chi connectivity index (χ0v) is 13.9. The summed E-state index contributed by atoms with van der Waals surface area (Å²) in [5.74, 6) is 0.253. The van der Waals surface area contributed by atoms with E-state index in [1.807, 2.05) is 41.0 Å². The molecular formula is C16H21BrN2O2. The van der Waals surface area contributed by atoms with Crippen LogP contribution in [0.4, 0.5) is 0 Å². The van der Waals surface area contributed by atoms with Gasteiger partial charge in [0.05, 0.1) is 0 Å². The Balaban J connectivity index is 1.97. The Labute approximate surface area is 134 Å². The van der Waals surface area contributed by atoms with Gasteiger partial charge in [0.25, 0.3) is 5.91 Å². The van der Waals surface area contributed by atoms with E-state index < -0.39 is 0 Å². The van der Waals surface area contributed by atoms with Crippen molar-refractivity contribution < 1.29 is 9.59 Å². The van der Waals surface area contributed by atoms with E-state index in [1.165, 1.54) is 0 Å². The quantitative estimate of drug-likeness (QED) is 0.838. The standard InChI is InChI=1S/C16H21BrN2O2/c1-2-4-15(20)18-9-3-10-19(12-11-18)16(21)13-5-7-14(17)8-6-13/h5-8H,2-4,9-12H2,1H3. The van der Waals surface area contributed by atoms with E-state index in [1.54, 1.807) is 0 Å². The highest BCUT2D eigenvalue weighted by Crippen LogP contribution is 2.14. The molecule has 1 aromatic rings. The van der Waals surface area contributed by atoms with Crippen molar-refractivity contribution in [2.24, 2.45) is 0 Å². The number of halogens is 1. The van der Waals surface area contributed by atoms with Gasteiger partial charge in [0.1, 0.15) is 0 Å². The Morgan fingerprint density at radius 2 is 1.67 bits per heavy atom. The summed E-state index contributed by atoms with van der Waals surface area (Å²) in [7, 11) is 0. The number of amides is 2. The highest BCUT2D eigenvalue weighted by atomic mass is 79.9. The van der Waals surface area contributed by atoms with E-state index >= 15 is 0 Å². The zero-order chi connectivity index (χ0) is 15.2. The van der Waals surface area contributed by atoms with Gasteiger partial charge in [0, 0.05) is 42.6 Å². The molecule has 114 valence electrons. The summed E-state index contributed by atoms with van der Waals surface area (Å²) in [6, 6.07) is 7.42. The van der Waals surface area contributed by atoms with Crippen LogP contribution in [-0.2, 0) is 4.79 Å². The minimum absolute atomic E-state index is 0.0484. The highest BCUT2D eigenvalue weighted by molar-refractivity contribution is 9.10. The first-order valence-electron chi connectivity index (χ1n) is 7.44. The van der Waals surface area contributed by atoms with Gasteiger partial charge < -0.3 is 9.80 Å². The van der Waals surface area contributed by atoms with E-state index in [0.717, 1.165) is 23.9 Å². The van der Waals surface area contributed by atoms with Crippen LogP contribution >= 0.6 is 15.9 Å². The maximum Gasteiger partial charge on any atom is 0.253 e. The second kappa shape index (κ2) is 7.59. The molecule has 0 aromatic heterocycles. The summed E-state index contributed by atoms with van der Waals surface area (Å²) in [6.45, 7) is 4.73. The van der Waals surface area contributed by atoms with Gasteiger partial charge in [0.2, 0.25) is 5.91 Å². The Morgan fingerprint density at radius 3 is 2.33 bits per heavy atom. The van der Waals surface area contributed by atoms with Gasteiger partial charge in [-0.05, 0) is 37.1 Å². The van der Waals surface area contributed by atoms with E-state index in [4.69, 9.17) is 0 Å². The summed E-state index contributed by atoms with van der Waals surface area (Å²) in [5, 5.41) is 0. The molecule has 0 aliphatic carbocycles. The molecule has 0 radical (unpaired) electrons. The predicted molar refractivity (Wildman–Crippen MR) is 86.2 cm³/mol. The third-order valence-electron chi connectivity index (χ3n) is 3.69. The van der Waals surface area contributed by atoms with Crippen LogP contribution in [0, 0.1) is 0 Å². The molecule has 21 heavy (non-hydrogen) atoms. The van der Waals surface area contributed by atoms with Gasteiger partial charge in [-0.15, -0.1) is 0 Å². The molecule has 0 bridgehead atoms. The minimum Gasteiger partial charge on any atom is -0.341 e. The summed E-state index contributed by atoms with van der Waals surface area (Å²) in [4.78, 5) is 28.2. The number of carbonyl (C=O) groups excluding carboxylic acids is 2. The fraction of sp³-hybridized carbons (Fsp3) is 0.500. The summed E-state index contributed by atoms with van der Waals surface area (Å²) in [6.07, 6.45) is 2.31. The smallest absolute Gasteiger partial charge is 0.253 e. The van der Waals surface area contributed by atoms with Gasteiger partial charge in [-0.25, -0.2) is 0 Å². The van der Waals surface area contributed by atoms with Crippen molar-refractivity contribution in [2.75, 3.05) is 26.2 Å². The van der Waals surface area contributed by atoms with Crippen molar-refractivity contribution in [3.05, 3.63) is 34.3 Å². The number of hydrogen-bond acceptors (Lipinski definition) is 2. The first-order chi connectivity index (χ1) is 10.1. The molecule has 0 saturated carbocycles. The summed E-state index contributed by atoms with van der Waals surface area (Å²) < 4.78 is 0.964. The van der Waals surface area contributed by atoms with Crippen LogP contribution in [0.5, 0.6) is 0 Å². The van der Waals surface area contributed by atoms with Crippen LogP contribution in [0.2, 0.25) is 0 Å². The molecule has 0 spiro atoms. The molecule has 0 atom stereocenters. The molecule has 2 rings (SSSR count). The SMILES string of the molecule is CCCC(=O)N1CCCN(C(=O)c2ccc(Br)cc2)CC1. The van der Waals surface area contributed by atoms with Gasteiger partial charge in [0.15, 0.2) is 0 Å². The van der Waals surface area contributed by atoms with Crippen molar-refractivity contribution in [3.8, 4) is 0 Å². The van der Waals surface area contributed by atoms with Crippen LogP contribution in [0.1, 0.15) is 36.5 Å². The normalized spacial score (nSPS) is 15.7. The second-order valence-corrected chi connectivity index (χ2v) is 6.20. The van der Waals surface area contributed by atoms with Crippen molar-refractivity contribution in [2.45, 2.75) is 26.2 Å². The van der Waals surface area contributed by atoms with Crippen LogP contribution in [-0.4, -0.2) is 47.8 Å². The second-order valence-electron chi connectivity index (χ2n) is 5.28. The lowest BCUT2D eigenvalue weighted by Gasteiger charge is -2.22. The molecular weight excluding hydrogens is 332 g/mol. The largest absolute Gasteiger partial charge is 0.341 e. The molecule has 1 aliphatic heterocycles. The fourth-order valence-corrected chi connectivity index (χ4v) is 2.78. The molecule has 1 heterocycles. The average Bonchev–Trinajstić information content (AvgIpc) is 2.73. The summed E-state index contributed by atoms with van der Waals surface area (Å²) in [5.41, 5.74) is 0.700. The van der Waals surface area contributed by atoms with Crippen LogP contribution < -0.4 is 0 Å². The predicted octanol–water partition coefficient (Wildman–Crippen LogP) is 2.92. The van der Waals surface area contributed by atoms with Crippen molar-refractivity contribution in [1.82, 2.24) is 9.80 Å². The van der Waals surface area contributed by atoms with Gasteiger partial charge in [-0.1, -0.05) is 22.9 Å². The molecule has 4 nitrogen and oxygen atoms in total. The first-order valence-corrected chi connectivity index (χ1v) is 8.23. The number of benzene rings is 1. The number of rotatable bonds is 3. The number of nitrogens with zero attached hydrogens (tertiary/aromatic N) is 2. The lowest BCUT2D eigenvalue weighted by Crippen LogP contribution is -2.37. The van der Waals surface area contributed by atoms with Gasteiger partial charge >= 0.3 is 0 Å². The number of hydrogen-bond donors (Lipinski definition) is 0. The van der Waals surface area contributed by atoms with Gasteiger partial charge in [-0.2, -0.15) is 0 Å². The van der Waals surface area contributed by atoms with Crippen LogP contribution in [0.25, 0.3) is 0 Å². The van der Waals surface area contributed by atoms with Crippen LogP contribution in [0.15, 0.2) is 28.7 Å². The highest BCUT2D eigenvalue weighted by Gasteiger charge is 2.22. The Morgan fingerprint density at radius 1 is 1.05 bits per heavy atom. The maximum absolute atomic E-state index is 12.5. The molecule has 1 aliphatic rings. The van der Waals surface area contributed by atoms with E-state index in [0.29, 0.717) is 31.6 Å². The topological polar surface area (TPSA) is 40.6 Å². The molecule has 1 saturated heterocycles. The average molecular weight is 353 g/mol. The fourth-order valence-electron chi connectivity index (χ4n) is 2.52. The third-order valence-corrected chi connectivity index (χ3v) is 4.22. The molecule has 2 amide bonds.